The van der Waals surface area contributed by atoms with Crippen LogP contribution in [0.4, 0.5) is 0 Å². The second-order valence-electron chi connectivity index (χ2n) is 5.84. The molecule has 0 unspecified atom stereocenters. The average molecular weight is 267 g/mol. The topological polar surface area (TPSA) is 0 Å². The molecule has 100 valence electrons. The van der Waals surface area contributed by atoms with E-state index >= 15 is 0 Å². The summed E-state index contributed by atoms with van der Waals surface area (Å²) in [4.78, 5) is 0. The van der Waals surface area contributed by atoms with E-state index in [1.54, 1.807) is 0 Å². The Bertz CT molecular complexity index is 129. The van der Waals surface area contributed by atoms with Crippen LogP contribution in [0.25, 0.3) is 0 Å². The van der Waals surface area contributed by atoms with Crippen molar-refractivity contribution in [3.05, 3.63) is 0 Å². The first-order chi connectivity index (χ1) is 7.06. The third-order valence-electron chi connectivity index (χ3n) is 2.93. The lowest BCUT2D eigenvalue weighted by Gasteiger charge is -2.10. The van der Waals surface area contributed by atoms with Gasteiger partial charge in [-0.25, -0.2) is 0 Å². The summed E-state index contributed by atoms with van der Waals surface area (Å²) in [7, 11) is -0.486. The largest absolute Gasteiger partial charge is 1.00 e. The molecule has 0 atom stereocenters. The summed E-state index contributed by atoms with van der Waals surface area (Å²) in [5.74, 6) is 0. The van der Waals surface area contributed by atoms with Crippen LogP contribution in [-0.4, -0.2) is 26.2 Å². The summed E-state index contributed by atoms with van der Waals surface area (Å²) in [6, 6.07) is 0. The lowest BCUT2D eigenvalue weighted by molar-refractivity contribution is -0.00000367. The van der Waals surface area contributed by atoms with E-state index in [0.717, 1.165) is 0 Å². The fourth-order valence-electron chi connectivity index (χ4n) is 1.90. The first-order valence-corrected chi connectivity index (χ1v) is 10.2. The van der Waals surface area contributed by atoms with E-state index in [1.807, 2.05) is 0 Å². The molecule has 0 bridgehead atoms. The highest BCUT2D eigenvalue weighted by molar-refractivity contribution is 7.73. The minimum atomic E-state index is -0.486. The maximum Gasteiger partial charge on any atom is 0.0586 e. The number of halogens is 1. The molecule has 0 nitrogen and oxygen atoms in total. The zero-order chi connectivity index (χ0) is 11.6. The molecule has 0 fully saturated rings. The van der Waals surface area contributed by atoms with E-state index in [1.165, 1.54) is 63.9 Å². The molecular formula is C14H32ClP. The summed E-state index contributed by atoms with van der Waals surface area (Å²) in [5.41, 5.74) is 0. The van der Waals surface area contributed by atoms with E-state index in [-0.39, 0.29) is 12.4 Å². The first-order valence-electron chi connectivity index (χ1n) is 6.86. The fourth-order valence-corrected chi connectivity index (χ4v) is 3.07. The van der Waals surface area contributed by atoms with Crippen molar-refractivity contribution in [3.63, 3.8) is 0 Å². The first kappa shape index (κ1) is 19.1. The van der Waals surface area contributed by atoms with E-state index in [9.17, 15) is 0 Å². The molecular weight excluding hydrogens is 235 g/mol. The van der Waals surface area contributed by atoms with Gasteiger partial charge in [0, 0.05) is 27.3 Å². The second-order valence-corrected chi connectivity index (χ2v) is 10.9. The van der Waals surface area contributed by atoms with Gasteiger partial charge < -0.3 is 12.4 Å². The van der Waals surface area contributed by atoms with Crippen molar-refractivity contribution >= 4 is 7.26 Å². The van der Waals surface area contributed by atoms with Crippen LogP contribution in [0.1, 0.15) is 64.7 Å². The number of hydrogen-bond donors (Lipinski definition) is 0. The Balaban J connectivity index is 0. The molecule has 0 radical (unpaired) electrons. The molecule has 0 aromatic heterocycles. The lowest BCUT2D eigenvalue weighted by Crippen LogP contribution is -3.00. The minimum Gasteiger partial charge on any atom is -1.00 e. The van der Waals surface area contributed by atoms with E-state index in [2.05, 4.69) is 26.9 Å². The molecule has 0 saturated heterocycles. The molecule has 0 aromatic rings. The highest BCUT2D eigenvalue weighted by Gasteiger charge is 2.15. The molecule has 0 N–H and O–H groups in total. The third-order valence-corrected chi connectivity index (χ3v) is 4.59. The zero-order valence-electron chi connectivity index (χ0n) is 11.9. The normalized spacial score (nSPS) is 11.2. The summed E-state index contributed by atoms with van der Waals surface area (Å²) < 4.78 is 0. The van der Waals surface area contributed by atoms with Crippen molar-refractivity contribution in [2.75, 3.05) is 26.2 Å². The smallest absolute Gasteiger partial charge is 0.0586 e. The van der Waals surface area contributed by atoms with Crippen LogP contribution in [0.5, 0.6) is 0 Å². The predicted octanol–water partition coefficient (Wildman–Crippen LogP) is 2.43. The van der Waals surface area contributed by atoms with Gasteiger partial charge in [-0.2, -0.15) is 0 Å². The zero-order valence-corrected chi connectivity index (χ0v) is 13.5. The molecule has 0 rings (SSSR count). The van der Waals surface area contributed by atoms with Gasteiger partial charge in [0.15, 0.2) is 0 Å². The van der Waals surface area contributed by atoms with Crippen molar-refractivity contribution in [2.24, 2.45) is 0 Å². The Kier molecular flexibility index (Phi) is 14.5. The van der Waals surface area contributed by atoms with Crippen molar-refractivity contribution in [1.82, 2.24) is 0 Å². The van der Waals surface area contributed by atoms with Crippen LogP contribution < -0.4 is 12.4 Å². The van der Waals surface area contributed by atoms with Gasteiger partial charge in [-0.15, -0.1) is 0 Å². The van der Waals surface area contributed by atoms with Gasteiger partial charge in [-0.05, 0) is 12.8 Å². The maximum absolute atomic E-state index is 2.46. The molecule has 16 heavy (non-hydrogen) atoms. The fraction of sp³-hybridized carbons (Fsp3) is 1.00. The van der Waals surface area contributed by atoms with Gasteiger partial charge in [0.25, 0.3) is 0 Å². The number of unbranched alkanes of at least 4 members (excludes halogenated alkanes) is 8. The Morgan fingerprint density at radius 3 is 1.38 bits per heavy atom. The van der Waals surface area contributed by atoms with Crippen molar-refractivity contribution in [1.29, 1.82) is 0 Å². The Morgan fingerprint density at radius 2 is 1.00 bits per heavy atom. The van der Waals surface area contributed by atoms with Gasteiger partial charge >= 0.3 is 0 Å². The lowest BCUT2D eigenvalue weighted by atomic mass is 10.1. The van der Waals surface area contributed by atoms with Gasteiger partial charge in [-0.1, -0.05) is 51.9 Å². The SMILES string of the molecule is CCCCCCCCCCC[P+](C)(C)C.[Cl-]. The molecule has 0 saturated carbocycles. The van der Waals surface area contributed by atoms with Gasteiger partial charge in [0.2, 0.25) is 0 Å². The highest BCUT2D eigenvalue weighted by atomic mass is 35.5. The van der Waals surface area contributed by atoms with Crippen LogP contribution in [-0.2, 0) is 0 Å². The third kappa shape index (κ3) is 17.1. The monoisotopic (exact) mass is 266 g/mol. The van der Waals surface area contributed by atoms with E-state index < -0.39 is 7.26 Å². The summed E-state index contributed by atoms with van der Waals surface area (Å²) in [6.07, 6.45) is 14.6. The quantitative estimate of drug-likeness (QED) is 0.421. The van der Waals surface area contributed by atoms with Crippen LogP contribution in [0.15, 0.2) is 0 Å². The number of rotatable bonds is 10. The predicted molar refractivity (Wildman–Crippen MR) is 76.8 cm³/mol. The van der Waals surface area contributed by atoms with Gasteiger partial charge in [-0.3, -0.25) is 0 Å². The Morgan fingerprint density at radius 1 is 0.625 bits per heavy atom. The van der Waals surface area contributed by atoms with Crippen molar-refractivity contribution in [3.8, 4) is 0 Å². The molecule has 0 heterocycles. The molecule has 0 aliphatic heterocycles. The molecule has 0 aliphatic carbocycles. The molecule has 2 heteroatoms. The van der Waals surface area contributed by atoms with Crippen LogP contribution in [0, 0.1) is 0 Å². The van der Waals surface area contributed by atoms with E-state index in [0.29, 0.717) is 0 Å². The van der Waals surface area contributed by atoms with Gasteiger partial charge in [0.05, 0.1) is 6.16 Å². The Labute approximate surface area is 111 Å². The maximum atomic E-state index is 2.46. The van der Waals surface area contributed by atoms with Crippen molar-refractivity contribution in [2.45, 2.75) is 64.7 Å². The molecule has 0 aromatic carbocycles. The van der Waals surface area contributed by atoms with Crippen LogP contribution in [0.3, 0.4) is 0 Å². The van der Waals surface area contributed by atoms with Crippen LogP contribution >= 0.6 is 7.26 Å². The number of hydrogen-bond acceptors (Lipinski definition) is 0. The van der Waals surface area contributed by atoms with Crippen LogP contribution in [0.2, 0.25) is 0 Å². The van der Waals surface area contributed by atoms with E-state index in [4.69, 9.17) is 0 Å². The summed E-state index contributed by atoms with van der Waals surface area (Å²) in [6.45, 7) is 9.66. The van der Waals surface area contributed by atoms with Crippen molar-refractivity contribution < 1.29 is 12.4 Å². The molecule has 0 amide bonds. The summed E-state index contributed by atoms with van der Waals surface area (Å²) >= 11 is 0. The second kappa shape index (κ2) is 12.2. The average Bonchev–Trinajstić information content (AvgIpc) is 2.14. The highest BCUT2D eigenvalue weighted by Crippen LogP contribution is 2.47. The summed E-state index contributed by atoms with van der Waals surface area (Å²) in [5, 5.41) is 0. The van der Waals surface area contributed by atoms with Gasteiger partial charge in [0.1, 0.15) is 0 Å². The molecule has 0 aliphatic rings. The minimum absolute atomic E-state index is 0. The standard InChI is InChI=1S/C14H32P.ClH/c1-5-6-7-8-9-10-11-12-13-14-15(2,3)4;/h5-14H2,1-4H3;1H/q+1;/p-1. The Hall–Kier alpha value is 0.720. The molecule has 0 spiro atoms.